The normalized spacial score (nSPS) is 11.6. The summed E-state index contributed by atoms with van der Waals surface area (Å²) in [6.45, 7) is 7.49. The summed E-state index contributed by atoms with van der Waals surface area (Å²) >= 11 is 0. The number of benzene rings is 2. The minimum Gasteiger partial charge on any atom is -0.490 e. The van der Waals surface area contributed by atoms with E-state index in [0.717, 1.165) is 28.4 Å². The van der Waals surface area contributed by atoms with E-state index in [1.165, 1.54) is 5.56 Å². The average Bonchev–Trinajstić information content (AvgIpc) is 3.16. The van der Waals surface area contributed by atoms with E-state index >= 15 is 0 Å². The summed E-state index contributed by atoms with van der Waals surface area (Å²) in [6.07, 6.45) is 3.93. The number of anilines is 1. The summed E-state index contributed by atoms with van der Waals surface area (Å²) in [5.74, 6) is 1.56. The smallest absolute Gasteiger partial charge is 0.180 e. The molecule has 30 heavy (non-hydrogen) atoms. The van der Waals surface area contributed by atoms with Crippen LogP contribution in [0.2, 0.25) is 0 Å². The largest absolute Gasteiger partial charge is 0.490 e. The van der Waals surface area contributed by atoms with Crippen LogP contribution in [0, 0.1) is 0 Å². The third-order valence-corrected chi connectivity index (χ3v) is 4.96. The summed E-state index contributed by atoms with van der Waals surface area (Å²) in [7, 11) is 0. The average molecular weight is 402 g/mol. The Morgan fingerprint density at radius 3 is 2.43 bits per heavy atom. The highest BCUT2D eigenvalue weighted by molar-refractivity contribution is 5.68. The molecule has 0 amide bonds. The summed E-state index contributed by atoms with van der Waals surface area (Å²) < 4.78 is 13.7. The van der Waals surface area contributed by atoms with E-state index in [4.69, 9.17) is 20.2 Å². The maximum absolute atomic E-state index is 5.96. The minimum absolute atomic E-state index is 0.134. The third-order valence-electron chi connectivity index (χ3n) is 4.96. The molecule has 2 N–H and O–H groups in total. The van der Waals surface area contributed by atoms with Gasteiger partial charge in [-0.25, -0.2) is 4.98 Å². The van der Waals surface area contributed by atoms with Crippen molar-refractivity contribution in [2.45, 2.75) is 26.2 Å². The van der Waals surface area contributed by atoms with Gasteiger partial charge in [0.1, 0.15) is 19.0 Å². The number of rotatable bonds is 6. The SMILES string of the molecule is CC(C)(C)c1ccc(OCCOc2cccn3cc(-c4cccc(N)c4)nc23)cc1. The quantitative estimate of drug-likeness (QED) is 0.350. The van der Waals surface area contributed by atoms with Gasteiger partial charge in [0.2, 0.25) is 0 Å². The first kappa shape index (κ1) is 19.8. The molecule has 2 heterocycles. The van der Waals surface area contributed by atoms with Crippen molar-refractivity contribution in [2.75, 3.05) is 18.9 Å². The number of nitrogens with zero attached hydrogens (tertiary/aromatic N) is 2. The molecule has 0 atom stereocenters. The van der Waals surface area contributed by atoms with Crippen LogP contribution in [0.1, 0.15) is 26.3 Å². The van der Waals surface area contributed by atoms with Gasteiger partial charge in [0.25, 0.3) is 0 Å². The predicted molar refractivity (Wildman–Crippen MR) is 121 cm³/mol. The fourth-order valence-electron chi connectivity index (χ4n) is 3.30. The van der Waals surface area contributed by atoms with Crippen molar-refractivity contribution in [3.8, 4) is 22.8 Å². The summed E-state index contributed by atoms with van der Waals surface area (Å²) in [5, 5.41) is 0. The molecule has 2 aromatic heterocycles. The van der Waals surface area contributed by atoms with Crippen LogP contribution in [0.3, 0.4) is 0 Å². The molecule has 0 aliphatic rings. The minimum atomic E-state index is 0.134. The number of ether oxygens (including phenoxy) is 2. The molecule has 0 spiro atoms. The second-order valence-corrected chi connectivity index (χ2v) is 8.33. The van der Waals surface area contributed by atoms with Crippen LogP contribution in [0.15, 0.2) is 73.1 Å². The van der Waals surface area contributed by atoms with Gasteiger partial charge < -0.3 is 19.6 Å². The van der Waals surface area contributed by atoms with Gasteiger partial charge in [-0.3, -0.25) is 0 Å². The monoisotopic (exact) mass is 401 g/mol. The fraction of sp³-hybridized carbons (Fsp3) is 0.240. The Hall–Kier alpha value is -3.47. The molecule has 5 heteroatoms. The summed E-state index contributed by atoms with van der Waals surface area (Å²) in [5.41, 5.74) is 10.6. The Labute approximate surface area is 177 Å². The summed E-state index contributed by atoms with van der Waals surface area (Å²) in [4.78, 5) is 4.74. The van der Waals surface area contributed by atoms with Gasteiger partial charge in [0.05, 0.1) is 5.69 Å². The lowest BCUT2D eigenvalue weighted by Gasteiger charge is -2.19. The molecule has 154 valence electrons. The fourth-order valence-corrected chi connectivity index (χ4v) is 3.30. The standard InChI is InChI=1S/C25H27N3O2/c1-25(2,3)19-9-11-21(12-10-19)29-14-15-30-23-8-5-13-28-17-22(27-24(23)28)18-6-4-7-20(26)16-18/h4-13,16-17H,14-15,26H2,1-3H3. The van der Waals surface area contributed by atoms with Gasteiger partial charge >= 0.3 is 0 Å². The molecular weight excluding hydrogens is 374 g/mol. The molecule has 0 saturated heterocycles. The van der Waals surface area contributed by atoms with E-state index in [1.807, 2.05) is 65.3 Å². The second-order valence-electron chi connectivity index (χ2n) is 8.33. The molecule has 5 nitrogen and oxygen atoms in total. The molecule has 0 fully saturated rings. The van der Waals surface area contributed by atoms with Crippen molar-refractivity contribution >= 4 is 11.3 Å². The zero-order valence-electron chi connectivity index (χ0n) is 17.6. The van der Waals surface area contributed by atoms with E-state index in [1.54, 1.807) is 0 Å². The van der Waals surface area contributed by atoms with E-state index < -0.39 is 0 Å². The zero-order valence-corrected chi connectivity index (χ0v) is 17.6. The molecule has 0 aliphatic heterocycles. The van der Waals surface area contributed by atoms with E-state index in [2.05, 4.69) is 32.9 Å². The maximum Gasteiger partial charge on any atom is 0.180 e. The van der Waals surface area contributed by atoms with Crippen molar-refractivity contribution in [3.63, 3.8) is 0 Å². The Morgan fingerprint density at radius 2 is 1.70 bits per heavy atom. The van der Waals surface area contributed by atoms with E-state index in [-0.39, 0.29) is 5.41 Å². The van der Waals surface area contributed by atoms with Crippen LogP contribution in [0.5, 0.6) is 11.5 Å². The number of nitrogens with two attached hydrogens (primary N) is 1. The van der Waals surface area contributed by atoms with Gasteiger partial charge in [0.15, 0.2) is 11.4 Å². The molecule has 2 aromatic carbocycles. The Morgan fingerprint density at radius 1 is 0.933 bits per heavy atom. The lowest BCUT2D eigenvalue weighted by molar-refractivity contribution is 0.218. The zero-order chi connectivity index (χ0) is 21.1. The number of hydrogen-bond donors (Lipinski definition) is 1. The van der Waals surface area contributed by atoms with Crippen LogP contribution in [-0.2, 0) is 5.41 Å². The van der Waals surface area contributed by atoms with Crippen molar-refractivity contribution in [2.24, 2.45) is 0 Å². The number of imidazole rings is 1. The number of nitrogen functional groups attached to an aromatic ring is 1. The third kappa shape index (κ3) is 4.40. The lowest BCUT2D eigenvalue weighted by atomic mass is 9.87. The number of hydrogen-bond acceptors (Lipinski definition) is 4. The highest BCUT2D eigenvalue weighted by atomic mass is 16.5. The number of pyridine rings is 1. The molecule has 0 aliphatic carbocycles. The van der Waals surface area contributed by atoms with Crippen molar-refractivity contribution < 1.29 is 9.47 Å². The topological polar surface area (TPSA) is 61.8 Å². The van der Waals surface area contributed by atoms with Crippen molar-refractivity contribution in [1.82, 2.24) is 9.38 Å². The second kappa shape index (κ2) is 8.11. The molecule has 0 bridgehead atoms. The Kier molecular flexibility index (Phi) is 5.36. The van der Waals surface area contributed by atoms with Gasteiger partial charge in [-0.15, -0.1) is 0 Å². The van der Waals surface area contributed by atoms with Crippen molar-refractivity contribution in [1.29, 1.82) is 0 Å². The van der Waals surface area contributed by atoms with Gasteiger partial charge in [-0.1, -0.05) is 45.0 Å². The highest BCUT2D eigenvalue weighted by Crippen LogP contribution is 2.26. The van der Waals surface area contributed by atoms with Crippen molar-refractivity contribution in [3.05, 3.63) is 78.6 Å². The Balaban J connectivity index is 1.41. The van der Waals surface area contributed by atoms with Gasteiger partial charge in [0, 0.05) is 23.6 Å². The molecular formula is C25H27N3O2. The number of aromatic nitrogens is 2. The Bertz CT molecular complexity index is 1140. The van der Waals surface area contributed by atoms with Crippen LogP contribution >= 0.6 is 0 Å². The predicted octanol–water partition coefficient (Wildman–Crippen LogP) is 5.34. The van der Waals surface area contributed by atoms with Gasteiger partial charge in [-0.05, 0) is 47.4 Å². The first-order chi connectivity index (χ1) is 14.4. The first-order valence-corrected chi connectivity index (χ1v) is 10.1. The molecule has 0 unspecified atom stereocenters. The number of fused-ring (bicyclic) bond motifs is 1. The lowest BCUT2D eigenvalue weighted by Crippen LogP contribution is -2.11. The van der Waals surface area contributed by atoms with E-state index in [9.17, 15) is 0 Å². The molecule has 4 rings (SSSR count). The van der Waals surface area contributed by atoms with Crippen LogP contribution < -0.4 is 15.2 Å². The van der Waals surface area contributed by atoms with E-state index in [0.29, 0.717) is 18.9 Å². The summed E-state index contributed by atoms with van der Waals surface area (Å²) in [6, 6.07) is 19.8. The molecule has 0 saturated carbocycles. The molecule has 0 radical (unpaired) electrons. The highest BCUT2D eigenvalue weighted by Gasteiger charge is 2.13. The van der Waals surface area contributed by atoms with Crippen LogP contribution in [0.25, 0.3) is 16.9 Å². The van der Waals surface area contributed by atoms with Gasteiger partial charge in [-0.2, -0.15) is 0 Å². The van der Waals surface area contributed by atoms with Crippen LogP contribution in [0.4, 0.5) is 5.69 Å². The first-order valence-electron chi connectivity index (χ1n) is 10.1. The maximum atomic E-state index is 5.96. The molecule has 4 aromatic rings. The van der Waals surface area contributed by atoms with Crippen LogP contribution in [-0.4, -0.2) is 22.6 Å².